The molecular formula is C15H18ClFO4. The molecule has 0 heterocycles. The summed E-state index contributed by atoms with van der Waals surface area (Å²) in [5, 5.41) is 0.274. The molecule has 0 aromatic heterocycles. The number of hydrogen-bond acceptors (Lipinski definition) is 4. The summed E-state index contributed by atoms with van der Waals surface area (Å²) in [4.78, 5) is 24.2. The van der Waals surface area contributed by atoms with Gasteiger partial charge in [-0.25, -0.2) is 4.39 Å². The highest BCUT2D eigenvalue weighted by atomic mass is 35.5. The van der Waals surface area contributed by atoms with Crippen LogP contribution in [0.25, 0.3) is 0 Å². The number of esters is 2. The summed E-state index contributed by atoms with van der Waals surface area (Å²) in [5.41, 5.74) is -1.22. The van der Waals surface area contributed by atoms with Crippen molar-refractivity contribution in [3.8, 4) is 0 Å². The van der Waals surface area contributed by atoms with Crippen LogP contribution in [0.5, 0.6) is 0 Å². The Morgan fingerprint density at radius 2 is 1.71 bits per heavy atom. The molecule has 0 fully saturated rings. The highest BCUT2D eigenvalue weighted by Crippen LogP contribution is 2.30. The first-order chi connectivity index (χ1) is 9.85. The molecule has 0 atom stereocenters. The molecule has 0 saturated heterocycles. The standard InChI is InChI=1S/C15H18ClFO4/c1-4-20-13(18)15(3,14(19)21-5-2)9-10-8-11(17)6-7-12(10)16/h6-8H,4-5,9H2,1-3H3. The smallest absolute Gasteiger partial charge is 0.323 e. The highest BCUT2D eigenvalue weighted by molar-refractivity contribution is 6.31. The van der Waals surface area contributed by atoms with E-state index in [9.17, 15) is 14.0 Å². The quantitative estimate of drug-likeness (QED) is 0.597. The minimum atomic E-state index is -1.57. The maximum absolute atomic E-state index is 13.3. The van der Waals surface area contributed by atoms with E-state index in [0.717, 1.165) is 0 Å². The van der Waals surface area contributed by atoms with E-state index in [1.165, 1.54) is 25.1 Å². The van der Waals surface area contributed by atoms with Gasteiger partial charge in [0.2, 0.25) is 0 Å². The Bertz CT molecular complexity index is 512. The fourth-order valence-corrected chi connectivity index (χ4v) is 2.05. The summed E-state index contributed by atoms with van der Waals surface area (Å²) in [5.74, 6) is -1.93. The van der Waals surface area contributed by atoms with Gasteiger partial charge in [-0.05, 0) is 44.5 Å². The van der Waals surface area contributed by atoms with Crippen molar-refractivity contribution in [2.75, 3.05) is 13.2 Å². The molecule has 4 nitrogen and oxygen atoms in total. The van der Waals surface area contributed by atoms with Crippen LogP contribution in [0.3, 0.4) is 0 Å². The van der Waals surface area contributed by atoms with Crippen LogP contribution in [0.15, 0.2) is 18.2 Å². The molecule has 21 heavy (non-hydrogen) atoms. The molecule has 0 aliphatic rings. The molecule has 0 saturated carbocycles. The predicted molar refractivity (Wildman–Crippen MR) is 76.5 cm³/mol. The molecule has 0 aliphatic heterocycles. The zero-order valence-corrected chi connectivity index (χ0v) is 13.0. The molecule has 1 aromatic carbocycles. The van der Waals surface area contributed by atoms with Crippen LogP contribution < -0.4 is 0 Å². The molecule has 0 unspecified atom stereocenters. The van der Waals surface area contributed by atoms with Crippen molar-refractivity contribution >= 4 is 23.5 Å². The van der Waals surface area contributed by atoms with Gasteiger partial charge in [-0.2, -0.15) is 0 Å². The third-order valence-corrected chi connectivity index (χ3v) is 3.37. The summed E-state index contributed by atoms with van der Waals surface area (Å²) in [6, 6.07) is 3.78. The zero-order valence-electron chi connectivity index (χ0n) is 12.2. The first kappa shape index (κ1) is 17.4. The van der Waals surface area contributed by atoms with Crippen molar-refractivity contribution < 1.29 is 23.5 Å². The second-order valence-electron chi connectivity index (χ2n) is 4.69. The van der Waals surface area contributed by atoms with Gasteiger partial charge in [0.15, 0.2) is 5.41 Å². The van der Waals surface area contributed by atoms with Gasteiger partial charge in [0.25, 0.3) is 0 Å². The molecule has 6 heteroatoms. The zero-order chi connectivity index (χ0) is 16.0. The Kier molecular flexibility index (Phi) is 6.15. The van der Waals surface area contributed by atoms with E-state index in [4.69, 9.17) is 21.1 Å². The molecule has 0 radical (unpaired) electrons. The molecule has 0 amide bonds. The maximum atomic E-state index is 13.3. The van der Waals surface area contributed by atoms with E-state index >= 15 is 0 Å². The van der Waals surface area contributed by atoms with Crippen molar-refractivity contribution in [2.45, 2.75) is 27.2 Å². The third-order valence-electron chi connectivity index (χ3n) is 3.00. The molecule has 1 rings (SSSR count). The summed E-state index contributed by atoms with van der Waals surface area (Å²) < 4.78 is 23.2. The van der Waals surface area contributed by atoms with Crippen LogP contribution in [0.4, 0.5) is 4.39 Å². The predicted octanol–water partition coefficient (Wildman–Crippen LogP) is 3.15. The third kappa shape index (κ3) is 4.17. The average Bonchev–Trinajstić information content (AvgIpc) is 2.43. The van der Waals surface area contributed by atoms with Gasteiger partial charge in [-0.3, -0.25) is 9.59 Å². The van der Waals surface area contributed by atoms with E-state index in [-0.39, 0.29) is 24.7 Å². The fraction of sp³-hybridized carbons (Fsp3) is 0.467. The SMILES string of the molecule is CCOC(=O)C(C)(Cc1cc(F)ccc1Cl)C(=O)OCC. The van der Waals surface area contributed by atoms with E-state index in [0.29, 0.717) is 5.56 Å². The van der Waals surface area contributed by atoms with Crippen molar-refractivity contribution in [1.82, 2.24) is 0 Å². The Morgan fingerprint density at radius 3 is 2.19 bits per heavy atom. The largest absolute Gasteiger partial charge is 0.465 e. The van der Waals surface area contributed by atoms with E-state index in [1.807, 2.05) is 0 Å². The maximum Gasteiger partial charge on any atom is 0.323 e. The monoisotopic (exact) mass is 316 g/mol. The van der Waals surface area contributed by atoms with Gasteiger partial charge in [0.05, 0.1) is 13.2 Å². The first-order valence-electron chi connectivity index (χ1n) is 6.63. The van der Waals surface area contributed by atoms with Gasteiger partial charge in [0, 0.05) is 11.4 Å². The van der Waals surface area contributed by atoms with Gasteiger partial charge in [0.1, 0.15) is 5.82 Å². The number of halogens is 2. The molecule has 1 aromatic rings. The Hall–Kier alpha value is -1.62. The number of carbonyl (C=O) groups excluding carboxylic acids is 2. The number of rotatable bonds is 6. The van der Waals surface area contributed by atoms with E-state index in [2.05, 4.69) is 0 Å². The number of benzene rings is 1. The lowest BCUT2D eigenvalue weighted by Crippen LogP contribution is -2.41. The Balaban J connectivity index is 3.15. The summed E-state index contributed by atoms with van der Waals surface area (Å²) in [6.07, 6.45) is -0.0960. The molecule has 0 N–H and O–H groups in total. The number of hydrogen-bond donors (Lipinski definition) is 0. The molecule has 0 aliphatic carbocycles. The lowest BCUT2D eigenvalue weighted by atomic mass is 9.83. The minimum absolute atomic E-state index is 0.0960. The minimum Gasteiger partial charge on any atom is -0.465 e. The Morgan fingerprint density at radius 1 is 1.19 bits per heavy atom. The van der Waals surface area contributed by atoms with Gasteiger partial charge < -0.3 is 9.47 Å². The fourth-order valence-electron chi connectivity index (χ4n) is 1.87. The van der Waals surface area contributed by atoms with Crippen molar-refractivity contribution in [3.05, 3.63) is 34.6 Å². The number of ether oxygens (including phenoxy) is 2. The highest BCUT2D eigenvalue weighted by Gasteiger charge is 2.44. The van der Waals surface area contributed by atoms with Crippen LogP contribution >= 0.6 is 11.6 Å². The lowest BCUT2D eigenvalue weighted by molar-refractivity contribution is -0.170. The van der Waals surface area contributed by atoms with Crippen LogP contribution in [0.2, 0.25) is 5.02 Å². The van der Waals surface area contributed by atoms with Crippen LogP contribution in [0, 0.1) is 11.2 Å². The molecule has 0 bridgehead atoms. The van der Waals surface area contributed by atoms with Crippen LogP contribution in [-0.2, 0) is 25.5 Å². The first-order valence-corrected chi connectivity index (χ1v) is 7.01. The van der Waals surface area contributed by atoms with Crippen LogP contribution in [0.1, 0.15) is 26.3 Å². The van der Waals surface area contributed by atoms with Crippen LogP contribution in [-0.4, -0.2) is 25.2 Å². The van der Waals surface area contributed by atoms with Gasteiger partial charge in [-0.1, -0.05) is 11.6 Å². The van der Waals surface area contributed by atoms with Crippen molar-refractivity contribution in [3.63, 3.8) is 0 Å². The normalized spacial score (nSPS) is 11.1. The Labute approximate surface area is 128 Å². The van der Waals surface area contributed by atoms with Gasteiger partial charge in [-0.15, -0.1) is 0 Å². The average molecular weight is 317 g/mol. The summed E-state index contributed by atoms with van der Waals surface area (Å²) in [7, 11) is 0. The van der Waals surface area contributed by atoms with Gasteiger partial charge >= 0.3 is 11.9 Å². The van der Waals surface area contributed by atoms with E-state index < -0.39 is 23.2 Å². The lowest BCUT2D eigenvalue weighted by Gasteiger charge is -2.25. The molecular weight excluding hydrogens is 299 g/mol. The topological polar surface area (TPSA) is 52.6 Å². The summed E-state index contributed by atoms with van der Waals surface area (Å²) >= 11 is 5.99. The summed E-state index contributed by atoms with van der Waals surface area (Å²) in [6.45, 7) is 4.94. The number of carbonyl (C=O) groups is 2. The second kappa shape index (κ2) is 7.41. The van der Waals surface area contributed by atoms with Crippen molar-refractivity contribution in [2.24, 2.45) is 5.41 Å². The van der Waals surface area contributed by atoms with Crippen molar-refractivity contribution in [1.29, 1.82) is 0 Å². The van der Waals surface area contributed by atoms with E-state index in [1.54, 1.807) is 13.8 Å². The molecule has 116 valence electrons. The molecule has 0 spiro atoms. The second-order valence-corrected chi connectivity index (χ2v) is 5.09.